The fourth-order valence-corrected chi connectivity index (χ4v) is 5.04. The molecule has 1 aromatic carbocycles. The number of benzene rings is 1. The molecule has 1 heteroatoms. The lowest BCUT2D eigenvalue weighted by Crippen LogP contribution is -2.40. The molecular weight excluding hydrogens is 244 g/mol. The highest BCUT2D eigenvalue weighted by molar-refractivity contribution is 5.40. The number of hydrogen-bond donors (Lipinski definition) is 0. The number of rotatable bonds is 2. The molecule has 1 saturated carbocycles. The fraction of sp³-hybridized carbons (Fsp3) is 0.684. The lowest BCUT2D eigenvalue weighted by Gasteiger charge is -2.50. The Morgan fingerprint density at radius 1 is 1.25 bits per heavy atom. The van der Waals surface area contributed by atoms with Gasteiger partial charge in [-0.05, 0) is 72.1 Å². The summed E-state index contributed by atoms with van der Waals surface area (Å²) in [5.74, 6) is 3.59. The highest BCUT2D eigenvalue weighted by Crippen LogP contribution is 2.55. The summed E-state index contributed by atoms with van der Waals surface area (Å²) in [4.78, 5) is 0. The Labute approximate surface area is 123 Å². The summed E-state index contributed by atoms with van der Waals surface area (Å²) < 4.78 is 5.39. The number of aryl methyl sites for hydroxylation is 1. The fourth-order valence-electron chi connectivity index (χ4n) is 5.04. The minimum Gasteiger partial charge on any atom is -0.497 e. The lowest BCUT2D eigenvalue weighted by atomic mass is 9.54. The van der Waals surface area contributed by atoms with Crippen LogP contribution in [-0.4, -0.2) is 7.11 Å². The normalized spacial score (nSPS) is 31.3. The van der Waals surface area contributed by atoms with Gasteiger partial charge in [0, 0.05) is 0 Å². The Hall–Kier alpha value is -0.980. The monoisotopic (exact) mass is 272 g/mol. The SMILES string of the molecule is CC[C@H]1[C@@H]2CCc3cc(OC)ccc3[C@H]2CCC1(C)C. The Morgan fingerprint density at radius 2 is 2.05 bits per heavy atom. The third-order valence-corrected chi connectivity index (χ3v) is 6.07. The van der Waals surface area contributed by atoms with Gasteiger partial charge >= 0.3 is 0 Å². The Bertz CT molecular complexity index is 489. The van der Waals surface area contributed by atoms with E-state index >= 15 is 0 Å². The van der Waals surface area contributed by atoms with Gasteiger partial charge in [-0.3, -0.25) is 0 Å². The number of hydrogen-bond acceptors (Lipinski definition) is 1. The van der Waals surface area contributed by atoms with Crippen molar-refractivity contribution in [3.63, 3.8) is 0 Å². The van der Waals surface area contributed by atoms with Crippen LogP contribution in [0.25, 0.3) is 0 Å². The van der Waals surface area contributed by atoms with Gasteiger partial charge < -0.3 is 4.74 Å². The first kappa shape index (κ1) is 14.0. The van der Waals surface area contributed by atoms with Crippen LogP contribution < -0.4 is 4.74 Å². The van der Waals surface area contributed by atoms with Crippen LogP contribution >= 0.6 is 0 Å². The van der Waals surface area contributed by atoms with E-state index in [1.54, 1.807) is 18.2 Å². The number of ether oxygens (including phenoxy) is 1. The Balaban J connectivity index is 1.94. The number of methoxy groups -OCH3 is 1. The first-order valence-electron chi connectivity index (χ1n) is 8.23. The second-order valence-electron chi connectivity index (χ2n) is 7.42. The molecule has 0 saturated heterocycles. The molecule has 0 bridgehead atoms. The number of fused-ring (bicyclic) bond motifs is 3. The first-order chi connectivity index (χ1) is 9.56. The van der Waals surface area contributed by atoms with Crippen molar-refractivity contribution in [3.05, 3.63) is 29.3 Å². The van der Waals surface area contributed by atoms with Crippen molar-refractivity contribution in [2.45, 2.75) is 58.8 Å². The van der Waals surface area contributed by atoms with E-state index in [1.807, 2.05) is 0 Å². The average Bonchev–Trinajstić information content (AvgIpc) is 2.45. The predicted molar refractivity (Wildman–Crippen MR) is 84.3 cm³/mol. The van der Waals surface area contributed by atoms with Gasteiger partial charge in [0.05, 0.1) is 7.11 Å². The van der Waals surface area contributed by atoms with Crippen LogP contribution in [0, 0.1) is 17.3 Å². The van der Waals surface area contributed by atoms with Crippen LogP contribution in [-0.2, 0) is 6.42 Å². The second-order valence-corrected chi connectivity index (χ2v) is 7.42. The molecule has 0 amide bonds. The Morgan fingerprint density at radius 3 is 2.75 bits per heavy atom. The summed E-state index contributed by atoms with van der Waals surface area (Å²) in [5, 5.41) is 0. The smallest absolute Gasteiger partial charge is 0.119 e. The topological polar surface area (TPSA) is 9.23 Å². The van der Waals surface area contributed by atoms with Crippen LogP contribution in [0.1, 0.15) is 63.5 Å². The van der Waals surface area contributed by atoms with Crippen LogP contribution in [0.4, 0.5) is 0 Å². The van der Waals surface area contributed by atoms with Gasteiger partial charge in [0.15, 0.2) is 0 Å². The largest absolute Gasteiger partial charge is 0.497 e. The molecule has 20 heavy (non-hydrogen) atoms. The second kappa shape index (κ2) is 5.09. The standard InChI is InChI=1S/C19H28O/c1-5-18-17-8-6-13-12-14(20-4)7-9-15(13)16(17)10-11-19(18,2)3/h7,9,12,16-18H,5-6,8,10-11H2,1-4H3/t16-,17-,18+/m1/s1. The molecule has 1 nitrogen and oxygen atoms in total. The zero-order valence-electron chi connectivity index (χ0n) is 13.4. The van der Waals surface area contributed by atoms with Crippen molar-refractivity contribution in [2.24, 2.45) is 17.3 Å². The summed E-state index contributed by atoms with van der Waals surface area (Å²) in [6, 6.07) is 6.77. The molecular formula is C19H28O. The van der Waals surface area contributed by atoms with Gasteiger partial charge in [-0.25, -0.2) is 0 Å². The summed E-state index contributed by atoms with van der Waals surface area (Å²) in [7, 11) is 1.77. The molecule has 0 unspecified atom stereocenters. The van der Waals surface area contributed by atoms with Gasteiger partial charge in [0.2, 0.25) is 0 Å². The van der Waals surface area contributed by atoms with E-state index in [9.17, 15) is 0 Å². The van der Waals surface area contributed by atoms with Crippen molar-refractivity contribution >= 4 is 0 Å². The maximum atomic E-state index is 5.39. The van der Waals surface area contributed by atoms with Crippen LogP contribution in [0.15, 0.2) is 18.2 Å². The van der Waals surface area contributed by atoms with Crippen molar-refractivity contribution in [1.82, 2.24) is 0 Å². The molecule has 0 N–H and O–H groups in total. The van der Waals surface area contributed by atoms with E-state index in [4.69, 9.17) is 4.74 Å². The van der Waals surface area contributed by atoms with E-state index in [2.05, 4.69) is 39.0 Å². The molecule has 110 valence electrons. The molecule has 0 heterocycles. The first-order valence-corrected chi connectivity index (χ1v) is 8.23. The summed E-state index contributed by atoms with van der Waals surface area (Å²) in [6.45, 7) is 7.36. The van der Waals surface area contributed by atoms with Gasteiger partial charge in [-0.15, -0.1) is 0 Å². The summed E-state index contributed by atoms with van der Waals surface area (Å²) >= 11 is 0. The predicted octanol–water partition coefficient (Wildman–Crippen LogP) is 5.19. The molecule has 1 fully saturated rings. The van der Waals surface area contributed by atoms with E-state index in [0.717, 1.165) is 23.5 Å². The molecule has 0 aliphatic heterocycles. The van der Waals surface area contributed by atoms with Crippen molar-refractivity contribution in [3.8, 4) is 5.75 Å². The van der Waals surface area contributed by atoms with Crippen molar-refractivity contribution in [2.75, 3.05) is 7.11 Å². The molecule has 0 aromatic heterocycles. The third kappa shape index (κ3) is 2.16. The average molecular weight is 272 g/mol. The van der Waals surface area contributed by atoms with Gasteiger partial charge in [0.1, 0.15) is 5.75 Å². The van der Waals surface area contributed by atoms with Crippen LogP contribution in [0.2, 0.25) is 0 Å². The molecule has 3 atom stereocenters. The molecule has 0 radical (unpaired) electrons. The third-order valence-electron chi connectivity index (χ3n) is 6.07. The molecule has 3 rings (SSSR count). The van der Waals surface area contributed by atoms with E-state index in [1.165, 1.54) is 32.1 Å². The summed E-state index contributed by atoms with van der Waals surface area (Å²) in [6.07, 6.45) is 6.68. The highest BCUT2D eigenvalue weighted by atomic mass is 16.5. The molecule has 2 aliphatic carbocycles. The Kier molecular flexibility index (Phi) is 3.56. The summed E-state index contributed by atoms with van der Waals surface area (Å²) in [5.41, 5.74) is 3.69. The highest BCUT2D eigenvalue weighted by Gasteiger charge is 2.44. The zero-order chi connectivity index (χ0) is 14.3. The quantitative estimate of drug-likeness (QED) is 0.720. The van der Waals surface area contributed by atoms with Crippen LogP contribution in [0.5, 0.6) is 5.75 Å². The van der Waals surface area contributed by atoms with E-state index in [0.29, 0.717) is 5.41 Å². The maximum Gasteiger partial charge on any atom is 0.119 e. The van der Waals surface area contributed by atoms with Crippen molar-refractivity contribution in [1.29, 1.82) is 0 Å². The molecule has 0 spiro atoms. The maximum absolute atomic E-state index is 5.39. The zero-order valence-corrected chi connectivity index (χ0v) is 13.4. The lowest BCUT2D eigenvalue weighted by molar-refractivity contribution is 0.0435. The minimum absolute atomic E-state index is 0.528. The van der Waals surface area contributed by atoms with Gasteiger partial charge in [-0.2, -0.15) is 0 Å². The molecule has 1 aromatic rings. The van der Waals surface area contributed by atoms with Gasteiger partial charge in [-0.1, -0.05) is 33.3 Å². The van der Waals surface area contributed by atoms with E-state index in [-0.39, 0.29) is 0 Å². The van der Waals surface area contributed by atoms with E-state index < -0.39 is 0 Å². The minimum atomic E-state index is 0.528. The molecule has 2 aliphatic rings. The van der Waals surface area contributed by atoms with Crippen molar-refractivity contribution < 1.29 is 4.74 Å². The van der Waals surface area contributed by atoms with Crippen LogP contribution in [0.3, 0.4) is 0 Å². The van der Waals surface area contributed by atoms with Gasteiger partial charge in [0.25, 0.3) is 0 Å².